The molecule has 0 aliphatic rings. The van der Waals surface area contributed by atoms with Gasteiger partial charge in [0.15, 0.2) is 11.6 Å². The standard InChI is InChI=1S/C11H9F2NS.ClH/c12-8-4-1-3-7(10(8)13)11(14)9-5-2-6-15-9;/h1-6,11H,14H2;1H/t11-;/m1./s1. The third kappa shape index (κ3) is 2.40. The second-order valence-corrected chi connectivity index (χ2v) is 4.12. The first-order valence-electron chi connectivity index (χ1n) is 4.43. The van der Waals surface area contributed by atoms with Gasteiger partial charge in [-0.25, -0.2) is 8.78 Å². The Balaban J connectivity index is 0.00000128. The van der Waals surface area contributed by atoms with E-state index >= 15 is 0 Å². The molecule has 5 heteroatoms. The van der Waals surface area contributed by atoms with Crippen molar-refractivity contribution in [1.82, 2.24) is 0 Å². The van der Waals surface area contributed by atoms with E-state index in [4.69, 9.17) is 5.73 Å². The van der Waals surface area contributed by atoms with E-state index in [1.807, 2.05) is 11.4 Å². The zero-order valence-electron chi connectivity index (χ0n) is 8.19. The maximum atomic E-state index is 13.4. The van der Waals surface area contributed by atoms with Crippen LogP contribution >= 0.6 is 23.7 Å². The molecule has 0 fully saturated rings. The van der Waals surface area contributed by atoms with Crippen molar-refractivity contribution >= 4 is 23.7 Å². The van der Waals surface area contributed by atoms with Gasteiger partial charge in [-0.3, -0.25) is 0 Å². The summed E-state index contributed by atoms with van der Waals surface area (Å²) in [7, 11) is 0. The minimum atomic E-state index is -0.863. The monoisotopic (exact) mass is 261 g/mol. The van der Waals surface area contributed by atoms with Crippen molar-refractivity contribution in [3.63, 3.8) is 0 Å². The molecule has 1 aromatic heterocycles. The maximum absolute atomic E-state index is 13.4. The van der Waals surface area contributed by atoms with E-state index in [1.54, 1.807) is 6.07 Å². The third-order valence-electron chi connectivity index (χ3n) is 2.17. The Hall–Kier alpha value is -0.970. The van der Waals surface area contributed by atoms with E-state index in [-0.39, 0.29) is 18.0 Å². The molecule has 0 bridgehead atoms. The van der Waals surface area contributed by atoms with E-state index in [2.05, 4.69) is 0 Å². The quantitative estimate of drug-likeness (QED) is 0.880. The highest BCUT2D eigenvalue weighted by atomic mass is 35.5. The lowest BCUT2D eigenvalue weighted by Crippen LogP contribution is -2.12. The molecule has 86 valence electrons. The average Bonchev–Trinajstić information content (AvgIpc) is 2.74. The lowest BCUT2D eigenvalue weighted by molar-refractivity contribution is 0.495. The second-order valence-electron chi connectivity index (χ2n) is 3.14. The Bertz CT molecular complexity index is 459. The molecular formula is C11H10ClF2NS. The molecule has 0 aliphatic heterocycles. The highest BCUT2D eigenvalue weighted by Crippen LogP contribution is 2.26. The molecule has 1 atom stereocenters. The van der Waals surface area contributed by atoms with E-state index in [0.717, 1.165) is 10.9 Å². The predicted molar refractivity (Wildman–Crippen MR) is 64.0 cm³/mol. The molecule has 0 amide bonds. The fraction of sp³-hybridized carbons (Fsp3) is 0.0909. The highest BCUT2D eigenvalue weighted by Gasteiger charge is 2.16. The van der Waals surface area contributed by atoms with Crippen molar-refractivity contribution < 1.29 is 8.78 Å². The molecule has 16 heavy (non-hydrogen) atoms. The van der Waals surface area contributed by atoms with Crippen LogP contribution in [-0.4, -0.2) is 0 Å². The van der Waals surface area contributed by atoms with Crippen molar-refractivity contribution in [1.29, 1.82) is 0 Å². The summed E-state index contributed by atoms with van der Waals surface area (Å²) in [5.74, 6) is -1.72. The normalized spacial score (nSPS) is 11.9. The largest absolute Gasteiger partial charge is 0.320 e. The number of hydrogen-bond acceptors (Lipinski definition) is 2. The van der Waals surface area contributed by atoms with Crippen molar-refractivity contribution in [2.45, 2.75) is 6.04 Å². The first kappa shape index (κ1) is 13.1. The van der Waals surface area contributed by atoms with Crippen LogP contribution in [0.4, 0.5) is 8.78 Å². The predicted octanol–water partition coefficient (Wildman–Crippen LogP) is 3.50. The van der Waals surface area contributed by atoms with Crippen LogP contribution in [0.25, 0.3) is 0 Å². The second kappa shape index (κ2) is 5.39. The van der Waals surface area contributed by atoms with Crippen LogP contribution in [0.2, 0.25) is 0 Å². The van der Waals surface area contributed by atoms with Crippen LogP contribution in [-0.2, 0) is 0 Å². The Morgan fingerprint density at radius 2 is 1.88 bits per heavy atom. The molecule has 2 rings (SSSR count). The summed E-state index contributed by atoms with van der Waals surface area (Å²) in [4.78, 5) is 0.819. The third-order valence-corrected chi connectivity index (χ3v) is 3.12. The summed E-state index contributed by atoms with van der Waals surface area (Å²) in [5.41, 5.74) is 6.03. The first-order valence-corrected chi connectivity index (χ1v) is 5.31. The molecule has 1 heterocycles. The van der Waals surface area contributed by atoms with Crippen molar-refractivity contribution in [2.75, 3.05) is 0 Å². The summed E-state index contributed by atoms with van der Waals surface area (Å²) >= 11 is 1.43. The molecule has 0 unspecified atom stereocenters. The molecule has 0 aliphatic carbocycles. The molecule has 0 saturated carbocycles. The van der Waals surface area contributed by atoms with Gasteiger partial charge < -0.3 is 5.73 Å². The molecule has 1 aromatic carbocycles. The smallest absolute Gasteiger partial charge is 0.163 e. The summed E-state index contributed by atoms with van der Waals surface area (Å²) in [6, 6.07) is 7.08. The van der Waals surface area contributed by atoms with Gasteiger partial charge in [-0.05, 0) is 17.5 Å². The van der Waals surface area contributed by atoms with Gasteiger partial charge in [0.05, 0.1) is 6.04 Å². The van der Waals surface area contributed by atoms with E-state index in [0.29, 0.717) is 0 Å². The number of nitrogens with two attached hydrogens (primary N) is 1. The van der Waals surface area contributed by atoms with Crippen molar-refractivity contribution in [2.24, 2.45) is 5.73 Å². The van der Waals surface area contributed by atoms with Crippen LogP contribution in [0.15, 0.2) is 35.7 Å². The maximum Gasteiger partial charge on any atom is 0.163 e. The lowest BCUT2D eigenvalue weighted by Gasteiger charge is -2.11. The zero-order valence-corrected chi connectivity index (χ0v) is 9.82. The van der Waals surface area contributed by atoms with Gasteiger partial charge in [-0.2, -0.15) is 0 Å². The van der Waals surface area contributed by atoms with E-state index in [1.165, 1.54) is 23.5 Å². The summed E-state index contributed by atoms with van der Waals surface area (Å²) in [6.45, 7) is 0. The highest BCUT2D eigenvalue weighted by molar-refractivity contribution is 7.10. The van der Waals surface area contributed by atoms with Crippen molar-refractivity contribution in [3.05, 3.63) is 57.8 Å². The molecule has 1 nitrogen and oxygen atoms in total. The Morgan fingerprint density at radius 1 is 1.12 bits per heavy atom. The first-order chi connectivity index (χ1) is 7.20. The Labute approximate surface area is 102 Å². The Kier molecular flexibility index (Phi) is 4.41. The number of hydrogen-bond donors (Lipinski definition) is 1. The summed E-state index contributed by atoms with van der Waals surface area (Å²) < 4.78 is 26.3. The lowest BCUT2D eigenvalue weighted by atomic mass is 10.1. The topological polar surface area (TPSA) is 26.0 Å². The van der Waals surface area contributed by atoms with Crippen molar-refractivity contribution in [3.8, 4) is 0 Å². The van der Waals surface area contributed by atoms with Crippen LogP contribution in [0.3, 0.4) is 0 Å². The number of thiophene rings is 1. The van der Waals surface area contributed by atoms with E-state index in [9.17, 15) is 8.78 Å². The molecular weight excluding hydrogens is 252 g/mol. The fourth-order valence-corrected chi connectivity index (χ4v) is 2.13. The minimum absolute atomic E-state index is 0. The number of benzene rings is 1. The number of rotatable bonds is 2. The van der Waals surface area contributed by atoms with E-state index < -0.39 is 17.7 Å². The SMILES string of the molecule is Cl.N[C@@H](c1cccs1)c1cccc(F)c1F. The molecule has 2 aromatic rings. The molecule has 0 saturated heterocycles. The summed E-state index contributed by atoms with van der Waals surface area (Å²) in [6.07, 6.45) is 0. The minimum Gasteiger partial charge on any atom is -0.320 e. The fourth-order valence-electron chi connectivity index (χ4n) is 1.38. The van der Waals surface area contributed by atoms with Crippen LogP contribution < -0.4 is 5.73 Å². The van der Waals surface area contributed by atoms with Crippen LogP contribution in [0, 0.1) is 11.6 Å². The van der Waals surface area contributed by atoms with Gasteiger partial charge in [0, 0.05) is 10.4 Å². The van der Waals surface area contributed by atoms with Crippen LogP contribution in [0.5, 0.6) is 0 Å². The van der Waals surface area contributed by atoms with Crippen LogP contribution in [0.1, 0.15) is 16.5 Å². The molecule has 0 spiro atoms. The van der Waals surface area contributed by atoms with Gasteiger partial charge in [0.1, 0.15) is 0 Å². The van der Waals surface area contributed by atoms with Gasteiger partial charge in [0.2, 0.25) is 0 Å². The van der Waals surface area contributed by atoms with Gasteiger partial charge >= 0.3 is 0 Å². The zero-order chi connectivity index (χ0) is 10.8. The number of halogens is 3. The molecule has 2 N–H and O–H groups in total. The van der Waals surface area contributed by atoms with Gasteiger partial charge in [-0.15, -0.1) is 23.7 Å². The Morgan fingerprint density at radius 3 is 2.50 bits per heavy atom. The average molecular weight is 262 g/mol. The van der Waals surface area contributed by atoms with Gasteiger partial charge in [0.25, 0.3) is 0 Å². The molecule has 0 radical (unpaired) electrons. The van der Waals surface area contributed by atoms with Gasteiger partial charge in [-0.1, -0.05) is 18.2 Å². The summed E-state index contributed by atoms with van der Waals surface area (Å²) in [5, 5.41) is 1.85.